The number of nitrogens with one attached hydrogen (secondary N) is 1. The van der Waals surface area contributed by atoms with Crippen molar-refractivity contribution < 1.29 is 19.4 Å². The van der Waals surface area contributed by atoms with Crippen LogP contribution in [0.3, 0.4) is 0 Å². The van der Waals surface area contributed by atoms with E-state index in [9.17, 15) is 14.7 Å². The van der Waals surface area contributed by atoms with Crippen LogP contribution in [0.4, 0.5) is 5.69 Å². The number of hydrogen-bond acceptors (Lipinski definition) is 6. The molecule has 1 fully saturated rings. The van der Waals surface area contributed by atoms with Gasteiger partial charge in [0.15, 0.2) is 0 Å². The van der Waals surface area contributed by atoms with Crippen molar-refractivity contribution in [3.05, 3.63) is 28.8 Å². The Labute approximate surface area is 153 Å². The van der Waals surface area contributed by atoms with Crippen LogP contribution >= 0.6 is 0 Å². The summed E-state index contributed by atoms with van der Waals surface area (Å²) < 4.78 is 5.37. The molecule has 1 atom stereocenters. The third-order valence-electron chi connectivity index (χ3n) is 5.08. The largest absolute Gasteiger partial charge is 0.478 e. The number of carbonyl (C=O) groups excluding carboxylic acids is 1. The number of fused-ring (bicyclic) bond motifs is 1. The average Bonchev–Trinajstić information content (AvgIpc) is 3.02. The summed E-state index contributed by atoms with van der Waals surface area (Å²) in [4.78, 5) is 27.3. The maximum Gasteiger partial charge on any atom is 0.337 e. The van der Waals surface area contributed by atoms with Crippen molar-refractivity contribution in [2.75, 3.05) is 39.2 Å². The number of likely N-dealkylation sites (N-methyl/N-ethyl adjacent to an activating group) is 1. The van der Waals surface area contributed by atoms with E-state index in [1.807, 2.05) is 25.1 Å². The molecule has 0 spiro atoms. The van der Waals surface area contributed by atoms with Gasteiger partial charge in [-0.15, -0.1) is 0 Å². The fraction of sp³-hybridized carbons (Fsp3) is 0.579. The summed E-state index contributed by atoms with van der Waals surface area (Å²) in [5.74, 6) is -0.930. The van der Waals surface area contributed by atoms with Gasteiger partial charge in [0, 0.05) is 44.6 Å². The Bertz CT molecular complexity index is 671. The third-order valence-corrected chi connectivity index (χ3v) is 5.08. The Morgan fingerprint density at radius 2 is 2.00 bits per heavy atom. The van der Waals surface area contributed by atoms with Crippen LogP contribution in [0.1, 0.15) is 34.3 Å². The van der Waals surface area contributed by atoms with E-state index in [1.54, 1.807) is 6.07 Å². The molecular weight excluding hydrogens is 334 g/mol. The van der Waals surface area contributed by atoms with Gasteiger partial charge in [0.25, 0.3) is 0 Å². The van der Waals surface area contributed by atoms with Crippen LogP contribution in [0.5, 0.6) is 0 Å². The van der Waals surface area contributed by atoms with Gasteiger partial charge in [-0.1, -0.05) is 0 Å². The summed E-state index contributed by atoms with van der Waals surface area (Å²) in [5, 5.41) is 13.0. The quantitative estimate of drug-likeness (QED) is 0.711. The second-order valence-corrected chi connectivity index (χ2v) is 7.37. The Balaban J connectivity index is 1.81. The predicted octanol–water partition coefficient (Wildman–Crippen LogP) is 1.42. The normalized spacial score (nSPS) is 19.3. The molecule has 0 aliphatic carbocycles. The van der Waals surface area contributed by atoms with E-state index in [0.717, 1.165) is 30.3 Å². The number of benzene rings is 1. The lowest BCUT2D eigenvalue weighted by Gasteiger charge is -2.25. The van der Waals surface area contributed by atoms with E-state index in [4.69, 9.17) is 4.74 Å². The fourth-order valence-electron chi connectivity index (χ4n) is 3.69. The maximum absolute atomic E-state index is 11.7. The fourth-order valence-corrected chi connectivity index (χ4v) is 3.69. The number of carboxylic acid groups (broad SMARTS) is 1. The second kappa shape index (κ2) is 8.16. The molecule has 1 unspecified atom stereocenters. The smallest absolute Gasteiger partial charge is 0.337 e. The van der Waals surface area contributed by atoms with Crippen molar-refractivity contribution in [1.29, 1.82) is 0 Å². The van der Waals surface area contributed by atoms with Crippen LogP contribution in [-0.4, -0.2) is 73.1 Å². The van der Waals surface area contributed by atoms with Crippen LogP contribution in [0, 0.1) is 0 Å². The average molecular weight is 361 g/mol. The van der Waals surface area contributed by atoms with Gasteiger partial charge in [-0.05, 0) is 50.2 Å². The Hall–Kier alpha value is -1.96. The van der Waals surface area contributed by atoms with E-state index >= 15 is 0 Å². The van der Waals surface area contributed by atoms with Crippen molar-refractivity contribution in [3.8, 4) is 0 Å². The van der Waals surface area contributed by atoms with Crippen LogP contribution in [0.25, 0.3) is 0 Å². The molecule has 7 heteroatoms. The monoisotopic (exact) mass is 361 g/mol. The van der Waals surface area contributed by atoms with Crippen molar-refractivity contribution in [3.63, 3.8) is 0 Å². The highest BCUT2D eigenvalue weighted by Crippen LogP contribution is 2.31. The highest BCUT2D eigenvalue weighted by molar-refractivity contribution is 5.95. The van der Waals surface area contributed by atoms with Gasteiger partial charge in [-0.2, -0.15) is 0 Å². The molecule has 1 aromatic carbocycles. The van der Waals surface area contributed by atoms with Crippen LogP contribution in [-0.2, 0) is 22.6 Å². The van der Waals surface area contributed by atoms with E-state index in [2.05, 4.69) is 10.2 Å². The molecule has 0 aromatic heterocycles. The molecule has 26 heavy (non-hydrogen) atoms. The summed E-state index contributed by atoms with van der Waals surface area (Å²) in [5.41, 5.74) is 3.05. The Kier molecular flexibility index (Phi) is 5.90. The minimum absolute atomic E-state index is 0.197. The molecule has 3 rings (SSSR count). The van der Waals surface area contributed by atoms with Crippen LogP contribution in [0.15, 0.2) is 12.1 Å². The van der Waals surface area contributed by atoms with Crippen LogP contribution < -0.4 is 5.32 Å². The van der Waals surface area contributed by atoms with Gasteiger partial charge in [0.1, 0.15) is 6.29 Å². The lowest BCUT2D eigenvalue weighted by atomic mass is 10.0. The SMILES string of the molecule is CN(C)CC(C=O)N1Cc2cc(NC3CCOCC3)c(C(=O)O)cc2C1. The molecule has 0 radical (unpaired) electrons. The Morgan fingerprint density at radius 1 is 1.35 bits per heavy atom. The minimum Gasteiger partial charge on any atom is -0.478 e. The molecular formula is C19H27N3O4. The number of rotatable bonds is 7. The first kappa shape index (κ1) is 18.8. The molecule has 0 amide bonds. The molecule has 2 N–H and O–H groups in total. The number of hydrogen-bond donors (Lipinski definition) is 2. The summed E-state index contributed by atoms with van der Waals surface area (Å²) in [6, 6.07) is 3.74. The van der Waals surface area contributed by atoms with Gasteiger partial charge in [-0.25, -0.2) is 4.79 Å². The summed E-state index contributed by atoms with van der Waals surface area (Å²) >= 11 is 0. The first-order valence-corrected chi connectivity index (χ1v) is 9.05. The standard InChI is InChI=1S/C19H27N3O4/c1-21(2)11-16(12-23)22-9-13-7-17(19(24)25)18(8-14(13)10-22)20-15-3-5-26-6-4-15/h7-8,12,15-16,20H,3-6,9-11H2,1-2H3,(H,24,25). The minimum atomic E-state index is -0.930. The van der Waals surface area contributed by atoms with Gasteiger partial charge in [-0.3, -0.25) is 4.90 Å². The number of carboxylic acids is 1. The Morgan fingerprint density at radius 3 is 2.58 bits per heavy atom. The molecule has 0 saturated carbocycles. The van der Waals surface area contributed by atoms with Crippen LogP contribution in [0.2, 0.25) is 0 Å². The zero-order valence-corrected chi connectivity index (χ0v) is 15.4. The van der Waals surface area contributed by atoms with Crippen molar-refractivity contribution in [2.24, 2.45) is 0 Å². The predicted molar refractivity (Wildman–Crippen MR) is 98.5 cm³/mol. The highest BCUT2D eigenvalue weighted by Gasteiger charge is 2.28. The summed E-state index contributed by atoms with van der Waals surface area (Å²) in [6.07, 6.45) is 2.72. The van der Waals surface area contributed by atoms with Gasteiger partial charge < -0.3 is 24.9 Å². The molecule has 7 nitrogen and oxygen atoms in total. The van der Waals surface area contributed by atoms with Crippen molar-refractivity contribution >= 4 is 17.9 Å². The molecule has 142 valence electrons. The maximum atomic E-state index is 11.7. The van der Waals surface area contributed by atoms with Gasteiger partial charge >= 0.3 is 5.97 Å². The summed E-state index contributed by atoms with van der Waals surface area (Å²) in [6.45, 7) is 3.31. The van der Waals surface area contributed by atoms with Crippen molar-refractivity contribution in [2.45, 2.75) is 38.0 Å². The number of aromatic carboxylic acids is 1. The van der Waals surface area contributed by atoms with Crippen molar-refractivity contribution in [1.82, 2.24) is 9.80 Å². The first-order valence-electron chi connectivity index (χ1n) is 9.05. The number of ether oxygens (including phenoxy) is 1. The summed E-state index contributed by atoms with van der Waals surface area (Å²) in [7, 11) is 3.89. The first-order chi connectivity index (χ1) is 12.5. The molecule has 2 heterocycles. The van der Waals surface area contributed by atoms with E-state index < -0.39 is 5.97 Å². The second-order valence-electron chi connectivity index (χ2n) is 7.37. The highest BCUT2D eigenvalue weighted by atomic mass is 16.5. The molecule has 0 bridgehead atoms. The van der Waals surface area contributed by atoms with Gasteiger partial charge in [0.05, 0.1) is 11.6 Å². The zero-order chi connectivity index (χ0) is 18.7. The lowest BCUT2D eigenvalue weighted by Crippen LogP contribution is -2.40. The lowest BCUT2D eigenvalue weighted by molar-refractivity contribution is -0.113. The third kappa shape index (κ3) is 4.23. The van der Waals surface area contributed by atoms with E-state index in [0.29, 0.717) is 44.1 Å². The zero-order valence-electron chi connectivity index (χ0n) is 15.4. The molecule has 2 aliphatic rings. The number of nitrogens with zero attached hydrogens (tertiary/aromatic N) is 2. The number of carbonyl (C=O) groups is 2. The molecule has 2 aliphatic heterocycles. The topological polar surface area (TPSA) is 82.1 Å². The molecule has 1 aromatic rings. The number of anilines is 1. The van der Waals surface area contributed by atoms with E-state index in [-0.39, 0.29) is 12.1 Å². The number of aldehydes is 1. The molecule has 1 saturated heterocycles. The van der Waals surface area contributed by atoms with E-state index in [1.165, 1.54) is 0 Å². The van der Waals surface area contributed by atoms with Gasteiger partial charge in [0.2, 0.25) is 0 Å².